The molecular formula is C13H13NO5. The molecule has 0 spiro atoms. The monoisotopic (exact) mass is 263 g/mol. The standard InChI is InChI=1S/C13H13NO5/c1-17-10-5-4-8(6-11(10)18-2)9(7-14)12(15)13(16)19-3/h4-6,9H,1-3H3/t9-/m1/s1. The second kappa shape index (κ2) is 6.40. The number of nitrogens with zero attached hydrogens (tertiary/aromatic N) is 1. The van der Waals surface area contributed by atoms with Crippen LogP contribution in [-0.2, 0) is 14.3 Å². The van der Waals surface area contributed by atoms with Crippen LogP contribution in [0.25, 0.3) is 0 Å². The van der Waals surface area contributed by atoms with E-state index in [-0.39, 0.29) is 0 Å². The van der Waals surface area contributed by atoms with Crippen LogP contribution in [0, 0.1) is 11.3 Å². The lowest BCUT2D eigenvalue weighted by molar-refractivity contribution is -0.151. The summed E-state index contributed by atoms with van der Waals surface area (Å²) in [5, 5.41) is 9.03. The third-order valence-electron chi connectivity index (χ3n) is 2.52. The lowest BCUT2D eigenvalue weighted by Gasteiger charge is -2.11. The first-order valence-corrected chi connectivity index (χ1v) is 5.32. The van der Waals surface area contributed by atoms with Gasteiger partial charge in [0.15, 0.2) is 11.5 Å². The number of ketones is 1. The van der Waals surface area contributed by atoms with Crippen LogP contribution in [0.3, 0.4) is 0 Å². The highest BCUT2D eigenvalue weighted by molar-refractivity contribution is 6.36. The van der Waals surface area contributed by atoms with E-state index >= 15 is 0 Å². The molecule has 0 aliphatic rings. The molecule has 0 heterocycles. The molecule has 6 heteroatoms. The van der Waals surface area contributed by atoms with E-state index in [0.717, 1.165) is 7.11 Å². The lowest BCUT2D eigenvalue weighted by Crippen LogP contribution is -2.22. The van der Waals surface area contributed by atoms with Crippen LogP contribution in [0.15, 0.2) is 18.2 Å². The van der Waals surface area contributed by atoms with Gasteiger partial charge >= 0.3 is 5.97 Å². The Bertz CT molecular complexity index is 532. The minimum absolute atomic E-state index is 0.343. The number of Topliss-reactive ketones (excluding diaryl/α,β-unsaturated/α-hetero) is 1. The summed E-state index contributed by atoms with van der Waals surface area (Å²) in [6, 6.07) is 6.34. The second-order valence-corrected chi connectivity index (χ2v) is 3.53. The number of hydrogen-bond acceptors (Lipinski definition) is 6. The van der Waals surface area contributed by atoms with Gasteiger partial charge in [0, 0.05) is 0 Å². The molecule has 0 aliphatic carbocycles. The van der Waals surface area contributed by atoms with E-state index in [2.05, 4.69) is 4.74 Å². The molecule has 0 amide bonds. The number of rotatable bonds is 5. The number of esters is 1. The van der Waals surface area contributed by atoms with Gasteiger partial charge in [-0.3, -0.25) is 4.79 Å². The Morgan fingerprint density at radius 2 is 1.79 bits per heavy atom. The smallest absolute Gasteiger partial charge is 0.376 e. The van der Waals surface area contributed by atoms with Crippen molar-refractivity contribution in [2.45, 2.75) is 5.92 Å². The zero-order valence-corrected chi connectivity index (χ0v) is 10.8. The number of benzene rings is 1. The molecule has 6 nitrogen and oxygen atoms in total. The number of methoxy groups -OCH3 is 3. The molecule has 0 saturated heterocycles. The molecule has 100 valence electrons. The van der Waals surface area contributed by atoms with Crippen LogP contribution in [0.5, 0.6) is 11.5 Å². The summed E-state index contributed by atoms with van der Waals surface area (Å²) in [5.41, 5.74) is 0.343. The highest BCUT2D eigenvalue weighted by Gasteiger charge is 2.28. The van der Waals surface area contributed by atoms with Crippen LogP contribution < -0.4 is 9.47 Å². The summed E-state index contributed by atoms with van der Waals surface area (Å²) in [4.78, 5) is 22.9. The molecule has 0 bridgehead atoms. The zero-order valence-electron chi connectivity index (χ0n) is 10.8. The van der Waals surface area contributed by atoms with Gasteiger partial charge in [-0.05, 0) is 17.7 Å². The average Bonchev–Trinajstić information content (AvgIpc) is 2.46. The maximum absolute atomic E-state index is 11.7. The van der Waals surface area contributed by atoms with Crippen molar-refractivity contribution in [3.05, 3.63) is 23.8 Å². The predicted molar refractivity (Wildman–Crippen MR) is 64.9 cm³/mol. The Morgan fingerprint density at radius 3 is 2.26 bits per heavy atom. The minimum Gasteiger partial charge on any atom is -0.493 e. The average molecular weight is 263 g/mol. The third kappa shape index (κ3) is 3.01. The van der Waals surface area contributed by atoms with Gasteiger partial charge in [0.05, 0.1) is 27.4 Å². The van der Waals surface area contributed by atoms with Gasteiger partial charge in [0.1, 0.15) is 5.92 Å². The fourth-order valence-corrected chi connectivity index (χ4v) is 1.54. The SMILES string of the molecule is COC(=O)C(=O)[C@H](C#N)c1ccc(OC)c(OC)c1. The highest BCUT2D eigenvalue weighted by atomic mass is 16.5. The Hall–Kier alpha value is -2.55. The molecule has 1 aromatic carbocycles. The molecule has 1 atom stereocenters. The van der Waals surface area contributed by atoms with Crippen molar-refractivity contribution < 1.29 is 23.8 Å². The number of nitriles is 1. The first-order valence-electron chi connectivity index (χ1n) is 5.32. The number of hydrogen-bond donors (Lipinski definition) is 0. The summed E-state index contributed by atoms with van der Waals surface area (Å²) in [5.74, 6) is -2.36. The van der Waals surface area contributed by atoms with Gasteiger partial charge in [0.2, 0.25) is 0 Å². The molecule has 0 fully saturated rings. The fraction of sp³-hybridized carbons (Fsp3) is 0.308. The predicted octanol–water partition coefficient (Wildman–Crippen LogP) is 1.05. The van der Waals surface area contributed by atoms with Crippen molar-refractivity contribution in [3.8, 4) is 17.6 Å². The van der Waals surface area contributed by atoms with Gasteiger partial charge in [-0.25, -0.2) is 4.79 Å². The molecule has 1 rings (SSSR count). The van der Waals surface area contributed by atoms with Crippen molar-refractivity contribution in [3.63, 3.8) is 0 Å². The zero-order chi connectivity index (χ0) is 14.4. The Kier molecular flexibility index (Phi) is 4.89. The summed E-state index contributed by atoms with van der Waals surface area (Å²) in [6.07, 6.45) is 0. The van der Waals surface area contributed by atoms with Crippen LogP contribution in [0.4, 0.5) is 0 Å². The van der Waals surface area contributed by atoms with E-state index in [1.807, 2.05) is 0 Å². The molecule has 0 radical (unpaired) electrons. The van der Waals surface area contributed by atoms with Crippen LogP contribution >= 0.6 is 0 Å². The molecule has 19 heavy (non-hydrogen) atoms. The topological polar surface area (TPSA) is 85.6 Å². The largest absolute Gasteiger partial charge is 0.493 e. The van der Waals surface area contributed by atoms with Crippen molar-refractivity contribution in [1.82, 2.24) is 0 Å². The van der Waals surface area contributed by atoms with Crippen LogP contribution in [-0.4, -0.2) is 33.1 Å². The van der Waals surface area contributed by atoms with Crippen LogP contribution in [0.1, 0.15) is 11.5 Å². The van der Waals surface area contributed by atoms with Crippen molar-refractivity contribution >= 4 is 11.8 Å². The second-order valence-electron chi connectivity index (χ2n) is 3.53. The van der Waals surface area contributed by atoms with E-state index < -0.39 is 17.7 Å². The molecule has 0 unspecified atom stereocenters. The number of ether oxygens (including phenoxy) is 3. The number of carbonyl (C=O) groups is 2. The minimum atomic E-state index is -1.23. The van der Waals surface area contributed by atoms with Gasteiger partial charge in [-0.15, -0.1) is 0 Å². The van der Waals surface area contributed by atoms with E-state index in [0.29, 0.717) is 17.1 Å². The summed E-state index contributed by atoms with van der Waals surface area (Å²) >= 11 is 0. The fourth-order valence-electron chi connectivity index (χ4n) is 1.54. The molecule has 0 aliphatic heterocycles. The van der Waals surface area contributed by atoms with Crippen molar-refractivity contribution in [2.75, 3.05) is 21.3 Å². The molecule has 0 saturated carbocycles. The first kappa shape index (κ1) is 14.5. The van der Waals surface area contributed by atoms with Crippen molar-refractivity contribution in [1.29, 1.82) is 5.26 Å². The lowest BCUT2D eigenvalue weighted by atomic mass is 9.95. The Balaban J connectivity index is 3.17. The normalized spacial score (nSPS) is 11.1. The van der Waals surface area contributed by atoms with Crippen LogP contribution in [0.2, 0.25) is 0 Å². The van der Waals surface area contributed by atoms with E-state index in [9.17, 15) is 9.59 Å². The van der Waals surface area contributed by atoms with Gasteiger partial charge in [-0.1, -0.05) is 6.07 Å². The molecule has 0 N–H and O–H groups in total. The maximum Gasteiger partial charge on any atom is 0.376 e. The maximum atomic E-state index is 11.7. The van der Waals surface area contributed by atoms with Crippen molar-refractivity contribution in [2.24, 2.45) is 0 Å². The van der Waals surface area contributed by atoms with Gasteiger partial charge < -0.3 is 14.2 Å². The number of carbonyl (C=O) groups excluding carboxylic acids is 2. The van der Waals surface area contributed by atoms with Gasteiger partial charge in [-0.2, -0.15) is 5.26 Å². The summed E-state index contributed by atoms with van der Waals surface area (Å²) in [7, 11) is 3.99. The van der Waals surface area contributed by atoms with E-state index in [4.69, 9.17) is 14.7 Å². The first-order chi connectivity index (χ1) is 9.08. The quantitative estimate of drug-likeness (QED) is 0.583. The molecule has 1 aromatic rings. The Labute approximate surface area is 110 Å². The molecule has 0 aromatic heterocycles. The Morgan fingerprint density at radius 1 is 1.16 bits per heavy atom. The molecular weight excluding hydrogens is 250 g/mol. The van der Waals surface area contributed by atoms with E-state index in [1.165, 1.54) is 26.4 Å². The van der Waals surface area contributed by atoms with E-state index in [1.54, 1.807) is 12.1 Å². The van der Waals surface area contributed by atoms with Gasteiger partial charge in [0.25, 0.3) is 5.78 Å². The summed E-state index contributed by atoms with van der Waals surface area (Å²) < 4.78 is 14.4. The third-order valence-corrected chi connectivity index (χ3v) is 2.52. The highest BCUT2D eigenvalue weighted by Crippen LogP contribution is 2.30. The summed E-state index contributed by atoms with van der Waals surface area (Å²) in [6.45, 7) is 0.